The molecule has 1 aliphatic carbocycles. The van der Waals surface area contributed by atoms with Crippen LogP contribution >= 0.6 is 11.8 Å². The Bertz CT molecular complexity index is 2400. The molecule has 2 aromatic carbocycles. The van der Waals surface area contributed by atoms with Gasteiger partial charge in [0.2, 0.25) is 23.6 Å². The zero-order valence-corrected chi connectivity index (χ0v) is 33.1. The number of hydrazine groups is 1. The molecule has 0 radical (unpaired) electrons. The molecular formula is C39H40N6O14S. The first kappa shape index (κ1) is 44.1. The van der Waals surface area contributed by atoms with Crippen molar-refractivity contribution in [2.45, 2.75) is 51.5 Å². The van der Waals surface area contributed by atoms with Crippen molar-refractivity contribution < 1.29 is 62.5 Å². The van der Waals surface area contributed by atoms with E-state index in [-0.39, 0.29) is 63.9 Å². The van der Waals surface area contributed by atoms with Crippen molar-refractivity contribution in [1.82, 2.24) is 21.1 Å². The number of hydrogen-bond acceptors (Lipinski definition) is 14. The molecule has 6 amide bonds. The highest BCUT2D eigenvalue weighted by molar-refractivity contribution is 7.99. The molecule has 2 aromatic rings. The number of nitrogens with one attached hydrogen (secondary N) is 4. The molecule has 0 spiro atoms. The quantitative estimate of drug-likeness (QED) is 0.0253. The SMILES string of the molecule is CCOC(=O)C1OC1C(=O)N(CC(N)=O)NC(=O)C(C)NC(=O)C(C)NC(=O)CCSCC(=O)Nc1ccc(-c2c3ccc(=O)cc-3oc3cc(O)ccc23)c(C(=O)O)c1. The largest absolute Gasteiger partial charge is 0.508 e. The number of hydrogen-bond donors (Lipinski definition) is 7. The summed E-state index contributed by atoms with van der Waals surface area (Å²) in [5.74, 6) is -6.59. The Balaban J connectivity index is 1.10. The molecule has 1 saturated heterocycles. The summed E-state index contributed by atoms with van der Waals surface area (Å²) in [5.41, 5.74) is 8.43. The number of carbonyl (C=O) groups excluding carboxylic acids is 7. The predicted octanol–water partition coefficient (Wildman–Crippen LogP) is 0.715. The number of aromatic hydroxyl groups is 1. The summed E-state index contributed by atoms with van der Waals surface area (Å²) < 4.78 is 15.7. The van der Waals surface area contributed by atoms with Crippen LogP contribution in [0.25, 0.3) is 33.4 Å². The number of epoxide rings is 1. The van der Waals surface area contributed by atoms with Crippen molar-refractivity contribution in [3.63, 3.8) is 0 Å². The fraction of sp³-hybridized carbons (Fsp3) is 0.308. The number of amides is 6. The third kappa shape index (κ3) is 10.9. The van der Waals surface area contributed by atoms with E-state index in [0.29, 0.717) is 21.5 Å². The van der Waals surface area contributed by atoms with Gasteiger partial charge in [0.15, 0.2) is 17.6 Å². The van der Waals surface area contributed by atoms with E-state index in [1.54, 1.807) is 13.0 Å². The summed E-state index contributed by atoms with van der Waals surface area (Å²) in [7, 11) is 0. The van der Waals surface area contributed by atoms with Gasteiger partial charge in [0, 0.05) is 46.5 Å². The lowest BCUT2D eigenvalue weighted by Crippen LogP contribution is -2.57. The first-order valence-electron chi connectivity index (χ1n) is 18.2. The van der Waals surface area contributed by atoms with Gasteiger partial charge in [-0.15, -0.1) is 0 Å². The molecule has 2 aliphatic heterocycles. The third-order valence-corrected chi connectivity index (χ3v) is 9.75. The standard InChI is InChI=1S/C39H40N6O14S/c1-4-57-39(56)34-33(59-34)37(53)45(16-29(40)48)44-36(52)19(3)42-35(51)18(2)41-30(49)11-12-60-17-31(50)43-20-5-8-23(26(13-20)38(54)55)32-24-9-6-21(46)14-27(24)58-28-15-22(47)7-10-25(28)32/h5-10,13-15,18-19,33-34,46H,4,11-12,16-17H2,1-3H3,(H2,40,48)(H,41,49)(H,42,51)(H,43,50)(H,44,52)(H,54,55). The molecule has 316 valence electrons. The second-order valence-electron chi connectivity index (χ2n) is 13.3. The molecule has 4 atom stereocenters. The molecule has 1 fully saturated rings. The number of carboxylic acids is 1. The Labute approximate surface area is 344 Å². The second kappa shape index (κ2) is 19.2. The number of thioether (sulfide) groups is 1. The summed E-state index contributed by atoms with van der Waals surface area (Å²) >= 11 is 1.10. The molecule has 0 saturated carbocycles. The van der Waals surface area contributed by atoms with Gasteiger partial charge in [0.05, 0.1) is 17.9 Å². The van der Waals surface area contributed by atoms with Crippen LogP contribution < -0.4 is 32.5 Å². The number of primary amides is 1. The minimum atomic E-state index is -1.31. The molecule has 3 aliphatic rings. The monoisotopic (exact) mass is 848 g/mol. The molecule has 0 aromatic heterocycles. The summed E-state index contributed by atoms with van der Waals surface area (Å²) in [5, 5.41) is 28.8. The van der Waals surface area contributed by atoms with Crippen LogP contribution in [0.1, 0.15) is 37.6 Å². The van der Waals surface area contributed by atoms with Gasteiger partial charge in [-0.05, 0) is 62.7 Å². The third-order valence-electron chi connectivity index (χ3n) is 8.79. The first-order chi connectivity index (χ1) is 28.5. The van der Waals surface area contributed by atoms with E-state index in [4.69, 9.17) is 19.6 Å². The second-order valence-corrected chi connectivity index (χ2v) is 14.5. The zero-order valence-electron chi connectivity index (χ0n) is 32.3. The predicted molar refractivity (Wildman–Crippen MR) is 213 cm³/mol. The number of benzene rings is 3. The fourth-order valence-electron chi connectivity index (χ4n) is 5.89. The number of nitrogens with zero attached hydrogens (tertiary/aromatic N) is 1. The summed E-state index contributed by atoms with van der Waals surface area (Å²) in [6.07, 6.45) is -2.62. The van der Waals surface area contributed by atoms with E-state index < -0.39 is 78.2 Å². The number of phenolic OH excluding ortho intramolecular Hbond substituents is 1. The Morgan fingerprint density at radius 1 is 0.900 bits per heavy atom. The van der Waals surface area contributed by atoms with E-state index in [1.165, 1.54) is 62.4 Å². The molecular weight excluding hydrogens is 809 g/mol. The molecule has 60 heavy (non-hydrogen) atoms. The number of phenols is 1. The highest BCUT2D eigenvalue weighted by atomic mass is 32.2. The van der Waals surface area contributed by atoms with E-state index >= 15 is 0 Å². The van der Waals surface area contributed by atoms with Gasteiger partial charge in [0.25, 0.3) is 11.8 Å². The Morgan fingerprint density at radius 2 is 1.62 bits per heavy atom. The molecule has 4 unspecified atom stereocenters. The lowest BCUT2D eigenvalue weighted by atomic mass is 9.90. The number of fused-ring (bicyclic) bond motifs is 2. The fourth-order valence-corrected chi connectivity index (χ4v) is 6.62. The van der Waals surface area contributed by atoms with Crippen LogP contribution in [0.2, 0.25) is 0 Å². The average Bonchev–Trinajstić information content (AvgIpc) is 3.99. The molecule has 0 bridgehead atoms. The van der Waals surface area contributed by atoms with Crippen LogP contribution in [0.15, 0.2) is 63.8 Å². The van der Waals surface area contributed by atoms with Gasteiger partial charge >= 0.3 is 11.9 Å². The Hall–Kier alpha value is -7.00. The van der Waals surface area contributed by atoms with Crippen LogP contribution in [0.3, 0.4) is 0 Å². The number of carboxylic acid groups (broad SMARTS) is 1. The summed E-state index contributed by atoms with van der Waals surface area (Å²) in [4.78, 5) is 112. The minimum absolute atomic E-state index is 0.0418. The van der Waals surface area contributed by atoms with Crippen molar-refractivity contribution in [2.75, 3.05) is 30.0 Å². The van der Waals surface area contributed by atoms with Crippen molar-refractivity contribution >= 4 is 75.8 Å². The maximum absolute atomic E-state index is 12.8. The van der Waals surface area contributed by atoms with Crippen LogP contribution in [0.4, 0.5) is 5.69 Å². The number of anilines is 1. The van der Waals surface area contributed by atoms with Crippen molar-refractivity contribution in [3.8, 4) is 28.2 Å². The normalized spacial score (nSPS) is 15.2. The van der Waals surface area contributed by atoms with Crippen LogP contribution in [0.5, 0.6) is 5.75 Å². The average molecular weight is 849 g/mol. The van der Waals surface area contributed by atoms with E-state index in [2.05, 4.69) is 21.4 Å². The highest BCUT2D eigenvalue weighted by Crippen LogP contribution is 2.42. The van der Waals surface area contributed by atoms with Crippen LogP contribution in [-0.4, -0.2) is 112 Å². The summed E-state index contributed by atoms with van der Waals surface area (Å²) in [6.45, 7) is 3.49. The van der Waals surface area contributed by atoms with E-state index in [1.807, 2.05) is 0 Å². The number of ether oxygens (including phenoxy) is 2. The smallest absolute Gasteiger partial charge is 0.338 e. The first-order valence-corrected chi connectivity index (χ1v) is 19.4. The molecule has 5 rings (SSSR count). The van der Waals surface area contributed by atoms with Crippen molar-refractivity contribution in [1.29, 1.82) is 0 Å². The van der Waals surface area contributed by atoms with Gasteiger partial charge in [-0.1, -0.05) is 6.07 Å². The molecule has 8 N–H and O–H groups in total. The maximum atomic E-state index is 12.8. The lowest BCUT2D eigenvalue weighted by molar-refractivity contribution is -0.146. The van der Waals surface area contributed by atoms with Gasteiger partial charge in [-0.2, -0.15) is 11.8 Å². The van der Waals surface area contributed by atoms with Gasteiger partial charge in [-0.3, -0.25) is 39.0 Å². The number of nitrogens with two attached hydrogens (primary N) is 1. The topological polar surface area (TPSA) is 306 Å². The van der Waals surface area contributed by atoms with Crippen LogP contribution in [-0.2, 0) is 43.0 Å². The Kier molecular flexibility index (Phi) is 14.1. The number of carbonyl (C=O) groups is 8. The van der Waals surface area contributed by atoms with Crippen molar-refractivity contribution in [3.05, 3.63) is 70.4 Å². The maximum Gasteiger partial charge on any atom is 0.338 e. The summed E-state index contributed by atoms with van der Waals surface area (Å²) in [6, 6.07) is 10.4. The number of aromatic carboxylic acids is 1. The van der Waals surface area contributed by atoms with Gasteiger partial charge in [0.1, 0.15) is 35.7 Å². The van der Waals surface area contributed by atoms with E-state index in [0.717, 1.165) is 11.8 Å². The van der Waals surface area contributed by atoms with E-state index in [9.17, 15) is 53.4 Å². The van der Waals surface area contributed by atoms with Gasteiger partial charge < -0.3 is 45.8 Å². The lowest BCUT2D eigenvalue weighted by Gasteiger charge is -2.24. The van der Waals surface area contributed by atoms with Crippen LogP contribution in [0, 0.1) is 0 Å². The Morgan fingerprint density at radius 3 is 2.32 bits per heavy atom. The minimum Gasteiger partial charge on any atom is -0.508 e. The molecule has 2 heterocycles. The molecule has 20 nitrogen and oxygen atoms in total. The molecule has 21 heteroatoms. The van der Waals surface area contributed by atoms with Gasteiger partial charge in [-0.25, -0.2) is 14.6 Å². The zero-order chi connectivity index (χ0) is 43.8. The van der Waals surface area contributed by atoms with Crippen molar-refractivity contribution in [2.24, 2.45) is 5.73 Å². The highest BCUT2D eigenvalue weighted by Gasteiger charge is 2.53. The number of rotatable bonds is 17. The number of esters is 1.